The molecule has 0 saturated carbocycles. The van der Waals surface area contributed by atoms with E-state index in [9.17, 15) is 9.59 Å². The first-order chi connectivity index (χ1) is 8.57. The number of urea groups is 1. The van der Waals surface area contributed by atoms with Crippen molar-refractivity contribution in [1.29, 1.82) is 0 Å². The molecule has 6 nitrogen and oxygen atoms in total. The fourth-order valence-corrected chi connectivity index (χ4v) is 2.39. The molecule has 18 heavy (non-hydrogen) atoms. The maximum absolute atomic E-state index is 12.2. The van der Waals surface area contributed by atoms with Crippen LogP contribution in [0.3, 0.4) is 0 Å². The van der Waals surface area contributed by atoms with E-state index in [0.29, 0.717) is 25.9 Å². The average Bonchev–Trinajstić information content (AvgIpc) is 2.38. The summed E-state index contributed by atoms with van der Waals surface area (Å²) < 4.78 is 0. The molecule has 2 atom stereocenters. The highest BCUT2D eigenvalue weighted by atomic mass is 16.2. The van der Waals surface area contributed by atoms with E-state index >= 15 is 0 Å². The van der Waals surface area contributed by atoms with Gasteiger partial charge in [0.25, 0.3) is 0 Å². The Hall–Kier alpha value is -1.14. The molecule has 1 aliphatic rings. The topological polar surface area (TPSA) is 115 Å². The predicted molar refractivity (Wildman–Crippen MR) is 69.8 cm³/mol. The van der Waals surface area contributed by atoms with Gasteiger partial charge >= 0.3 is 6.03 Å². The second-order valence-electron chi connectivity index (χ2n) is 4.84. The maximum Gasteiger partial charge on any atom is 0.315 e. The van der Waals surface area contributed by atoms with Gasteiger partial charge < -0.3 is 22.1 Å². The van der Waals surface area contributed by atoms with Crippen LogP contribution in [0.4, 0.5) is 4.79 Å². The molecule has 0 radical (unpaired) electrons. The molecule has 1 aliphatic heterocycles. The third-order valence-corrected chi connectivity index (χ3v) is 3.45. The number of hydrogen-bond acceptors (Lipinski definition) is 4. The van der Waals surface area contributed by atoms with Crippen molar-refractivity contribution in [2.45, 2.75) is 50.6 Å². The highest BCUT2D eigenvalue weighted by Crippen LogP contribution is 2.19. The number of nitrogens with zero attached hydrogens (tertiary/aromatic N) is 1. The highest BCUT2D eigenvalue weighted by molar-refractivity contribution is 5.92. The van der Waals surface area contributed by atoms with Crippen LogP contribution < -0.4 is 17.2 Å². The number of carbonyl (C=O) groups is 2. The first-order valence-electron chi connectivity index (χ1n) is 6.63. The van der Waals surface area contributed by atoms with Crippen LogP contribution >= 0.6 is 0 Å². The second kappa shape index (κ2) is 7.33. The van der Waals surface area contributed by atoms with Gasteiger partial charge in [-0.1, -0.05) is 6.42 Å². The van der Waals surface area contributed by atoms with Gasteiger partial charge in [-0.15, -0.1) is 0 Å². The molecule has 0 bridgehead atoms. The van der Waals surface area contributed by atoms with Crippen LogP contribution in [-0.2, 0) is 4.79 Å². The Bertz CT molecular complexity index is 296. The van der Waals surface area contributed by atoms with Crippen molar-refractivity contribution in [3.05, 3.63) is 0 Å². The Labute approximate surface area is 108 Å². The van der Waals surface area contributed by atoms with Crippen LogP contribution in [0.2, 0.25) is 0 Å². The van der Waals surface area contributed by atoms with Crippen molar-refractivity contribution in [1.82, 2.24) is 4.90 Å². The van der Waals surface area contributed by atoms with Crippen LogP contribution in [0.25, 0.3) is 0 Å². The van der Waals surface area contributed by atoms with Gasteiger partial charge in [-0.25, -0.2) is 4.79 Å². The van der Waals surface area contributed by atoms with Gasteiger partial charge in [-0.05, 0) is 38.6 Å². The monoisotopic (exact) mass is 256 g/mol. The maximum atomic E-state index is 12.2. The Morgan fingerprint density at radius 3 is 2.61 bits per heavy atom. The van der Waals surface area contributed by atoms with Gasteiger partial charge in [-0.3, -0.25) is 4.79 Å². The molecule has 0 aromatic rings. The summed E-state index contributed by atoms with van der Waals surface area (Å²) in [5, 5.41) is 0. The van der Waals surface area contributed by atoms with Gasteiger partial charge in [0, 0.05) is 6.54 Å². The summed E-state index contributed by atoms with van der Waals surface area (Å²) in [6, 6.07) is -1.46. The SMILES string of the molecule is NCCCC[C@H](N)C(=O)C1CCCCN1C(N)=O. The summed E-state index contributed by atoms with van der Waals surface area (Å²) in [7, 11) is 0. The van der Waals surface area contributed by atoms with Crippen molar-refractivity contribution in [3.63, 3.8) is 0 Å². The highest BCUT2D eigenvalue weighted by Gasteiger charge is 2.33. The Balaban J connectivity index is 2.54. The molecule has 6 heteroatoms. The quantitative estimate of drug-likeness (QED) is 0.577. The van der Waals surface area contributed by atoms with Gasteiger partial charge in [0.05, 0.1) is 12.1 Å². The van der Waals surface area contributed by atoms with E-state index in [1.807, 2.05) is 0 Å². The number of ketones is 1. The van der Waals surface area contributed by atoms with Crippen molar-refractivity contribution >= 4 is 11.8 Å². The lowest BCUT2D eigenvalue weighted by atomic mass is 9.93. The lowest BCUT2D eigenvalue weighted by Gasteiger charge is -2.34. The van der Waals surface area contributed by atoms with Crippen molar-refractivity contribution < 1.29 is 9.59 Å². The molecule has 1 heterocycles. The zero-order valence-electron chi connectivity index (χ0n) is 10.8. The van der Waals surface area contributed by atoms with Gasteiger partial charge in [0.2, 0.25) is 0 Å². The largest absolute Gasteiger partial charge is 0.351 e. The third kappa shape index (κ3) is 3.96. The van der Waals surface area contributed by atoms with Crippen LogP contribution in [0.1, 0.15) is 38.5 Å². The second-order valence-corrected chi connectivity index (χ2v) is 4.84. The average molecular weight is 256 g/mol. The minimum Gasteiger partial charge on any atom is -0.351 e. The van der Waals surface area contributed by atoms with Crippen LogP contribution in [-0.4, -0.2) is 41.9 Å². The fraction of sp³-hybridized carbons (Fsp3) is 0.833. The minimum absolute atomic E-state index is 0.0643. The van der Waals surface area contributed by atoms with Crippen LogP contribution in [0.15, 0.2) is 0 Å². The number of piperidine rings is 1. The summed E-state index contributed by atoms with van der Waals surface area (Å²) in [6.07, 6.45) is 4.84. The van der Waals surface area contributed by atoms with E-state index in [0.717, 1.165) is 25.7 Å². The number of nitrogens with two attached hydrogens (primary N) is 3. The van der Waals surface area contributed by atoms with Crippen molar-refractivity contribution in [3.8, 4) is 0 Å². The summed E-state index contributed by atoms with van der Waals surface area (Å²) in [4.78, 5) is 24.9. The van der Waals surface area contributed by atoms with Crippen molar-refractivity contribution in [2.24, 2.45) is 17.2 Å². The zero-order chi connectivity index (χ0) is 13.5. The van der Waals surface area contributed by atoms with E-state index in [2.05, 4.69) is 0 Å². The summed E-state index contributed by atoms with van der Waals surface area (Å²) in [5.41, 5.74) is 16.6. The number of Topliss-reactive ketones (excluding diaryl/α,β-unsaturated/α-hetero) is 1. The van der Waals surface area contributed by atoms with E-state index < -0.39 is 18.1 Å². The van der Waals surface area contributed by atoms with E-state index in [1.54, 1.807) is 0 Å². The summed E-state index contributed by atoms with van der Waals surface area (Å²) >= 11 is 0. The van der Waals surface area contributed by atoms with Gasteiger partial charge in [0.15, 0.2) is 5.78 Å². The van der Waals surface area contributed by atoms with Crippen molar-refractivity contribution in [2.75, 3.05) is 13.1 Å². The number of carbonyl (C=O) groups excluding carboxylic acids is 2. The molecule has 6 N–H and O–H groups in total. The summed E-state index contributed by atoms with van der Waals surface area (Å²) in [6.45, 7) is 1.17. The van der Waals surface area contributed by atoms with E-state index in [1.165, 1.54) is 4.90 Å². The zero-order valence-corrected chi connectivity index (χ0v) is 10.8. The van der Waals surface area contributed by atoms with E-state index in [-0.39, 0.29) is 5.78 Å². The molecule has 1 saturated heterocycles. The van der Waals surface area contributed by atoms with Gasteiger partial charge in [0.1, 0.15) is 0 Å². The first-order valence-corrected chi connectivity index (χ1v) is 6.63. The predicted octanol–water partition coefficient (Wildman–Crippen LogP) is -0.0550. The molecule has 104 valence electrons. The summed E-state index contributed by atoms with van der Waals surface area (Å²) in [5.74, 6) is -0.0643. The number of likely N-dealkylation sites (tertiary alicyclic amines) is 1. The van der Waals surface area contributed by atoms with E-state index in [4.69, 9.17) is 17.2 Å². The number of rotatable bonds is 6. The molecule has 0 spiro atoms. The normalized spacial score (nSPS) is 21.7. The Morgan fingerprint density at radius 2 is 2.00 bits per heavy atom. The van der Waals surface area contributed by atoms with Crippen LogP contribution in [0.5, 0.6) is 0 Å². The smallest absolute Gasteiger partial charge is 0.315 e. The Morgan fingerprint density at radius 1 is 1.28 bits per heavy atom. The molecule has 1 rings (SSSR count). The number of hydrogen-bond donors (Lipinski definition) is 3. The molecule has 1 fully saturated rings. The molecule has 0 aromatic carbocycles. The fourth-order valence-electron chi connectivity index (χ4n) is 2.39. The molecule has 0 aromatic heterocycles. The standard InChI is InChI=1S/C12H24N4O2/c13-7-3-1-5-9(14)11(17)10-6-2-4-8-16(10)12(15)18/h9-10H,1-8,13-14H2,(H2,15,18)/t9-,10?/m0/s1. The minimum atomic E-state index is -0.526. The molecule has 1 unspecified atom stereocenters. The number of primary amides is 1. The lowest BCUT2D eigenvalue weighted by molar-refractivity contribution is -0.125. The molecule has 0 aliphatic carbocycles. The third-order valence-electron chi connectivity index (χ3n) is 3.45. The van der Waals surface area contributed by atoms with Gasteiger partial charge in [-0.2, -0.15) is 0 Å². The van der Waals surface area contributed by atoms with Crippen LogP contribution in [0, 0.1) is 0 Å². The number of unbranched alkanes of at least 4 members (excludes halogenated alkanes) is 1. The molecular weight excluding hydrogens is 232 g/mol. The first kappa shape index (κ1) is 14.9. The number of amides is 2. The lowest BCUT2D eigenvalue weighted by Crippen LogP contribution is -2.54. The molecular formula is C12H24N4O2. The molecule has 2 amide bonds. The Kier molecular flexibility index (Phi) is 6.07.